The van der Waals surface area contributed by atoms with E-state index >= 15 is 0 Å². The van der Waals surface area contributed by atoms with E-state index in [1.165, 1.54) is 47.5 Å². The third kappa shape index (κ3) is 8.30. The summed E-state index contributed by atoms with van der Waals surface area (Å²) in [6, 6.07) is 64.9. The zero-order valence-electron chi connectivity index (χ0n) is 39.3. The van der Waals surface area contributed by atoms with Crippen LogP contribution >= 0.6 is 11.3 Å². The number of benzene rings is 8. The third-order valence-electron chi connectivity index (χ3n) is 11.9. The average molecular weight is 1090 g/mol. The average Bonchev–Trinajstić information content (AvgIpc) is 3.91. The first-order chi connectivity index (χ1) is 31.8. The molecule has 0 spiro atoms. The van der Waals surface area contributed by atoms with Crippen molar-refractivity contribution < 1.29 is 24.2 Å². The number of para-hydroxylation sites is 2. The van der Waals surface area contributed by atoms with Crippen molar-refractivity contribution in [3.8, 4) is 50.6 Å². The molecule has 0 fully saturated rings. The Morgan fingerprint density at radius 3 is 2.03 bits per heavy atom. The second-order valence-electron chi connectivity index (χ2n) is 17.2. The van der Waals surface area contributed by atoms with Crippen molar-refractivity contribution in [2.75, 3.05) is 0 Å². The molecule has 6 heteroatoms. The van der Waals surface area contributed by atoms with Crippen LogP contribution in [0.4, 0.5) is 0 Å². The quantitative estimate of drug-likeness (QED) is 0.123. The number of rotatable bonds is 6. The monoisotopic (exact) mass is 1090 g/mol. The van der Waals surface area contributed by atoms with Crippen molar-refractivity contribution >= 4 is 71.0 Å². The van der Waals surface area contributed by atoms with Gasteiger partial charge in [0.05, 0.1) is 16.9 Å². The van der Waals surface area contributed by atoms with Crippen molar-refractivity contribution in [3.63, 3.8) is 0 Å². The van der Waals surface area contributed by atoms with Gasteiger partial charge in [-0.2, -0.15) is 11.3 Å². The molecule has 64 heavy (non-hydrogen) atoms. The van der Waals surface area contributed by atoms with Crippen molar-refractivity contribution in [3.05, 3.63) is 205 Å². The first kappa shape index (κ1) is 39.6. The second kappa shape index (κ2) is 17.9. The van der Waals surface area contributed by atoms with E-state index in [0.717, 1.165) is 60.6 Å². The molecule has 0 aliphatic heterocycles. The molecule has 1 radical (unpaired) electrons. The van der Waals surface area contributed by atoms with Crippen molar-refractivity contribution in [1.82, 2.24) is 14.5 Å². The Kier molecular flexibility index (Phi) is 11.1. The van der Waals surface area contributed by atoms with Gasteiger partial charge in [-0.3, -0.25) is 4.98 Å². The number of pyridine rings is 1. The molecule has 0 unspecified atom stereocenters. The third-order valence-corrected chi connectivity index (χ3v) is 17.4. The van der Waals surface area contributed by atoms with Gasteiger partial charge in [0, 0.05) is 34.6 Å². The topological polar surface area (TPSA) is 30.7 Å². The van der Waals surface area contributed by atoms with Gasteiger partial charge in [-0.15, -0.1) is 18.2 Å². The SMILES string of the molecule is [2H]C([2H])([2H])c1ccc(-c2ccc3c(ccc4c5cc[c-]c(-c6nc7ccccc7n6-c6c(C)cc(-c7ccccc7)cc6C)c5sc34)c2)cc1.[CH3][Ge]([CH3])([CH3])[c]1ccc(-c2[c-]cccc2)nc1.[Ir]. The van der Waals surface area contributed by atoms with Crippen LogP contribution in [0, 0.1) is 32.8 Å². The minimum absolute atomic E-state index is 0. The Morgan fingerprint density at radius 2 is 1.31 bits per heavy atom. The second-order valence-corrected chi connectivity index (χ2v) is 28.9. The summed E-state index contributed by atoms with van der Waals surface area (Å²) in [7, 11) is 0. The van der Waals surface area contributed by atoms with Crippen LogP contribution in [0.15, 0.2) is 176 Å². The minimum atomic E-state index is -2.11. The van der Waals surface area contributed by atoms with Crippen molar-refractivity contribution in [1.29, 1.82) is 0 Å². The Hall–Kier alpha value is -5.95. The Labute approximate surface area is 400 Å². The summed E-state index contributed by atoms with van der Waals surface area (Å²) in [6.07, 6.45) is 2.04. The number of hydrogen-bond donors (Lipinski definition) is 0. The van der Waals surface area contributed by atoms with Crippen LogP contribution in [0.5, 0.6) is 0 Å². The molecule has 0 aliphatic carbocycles. The van der Waals surface area contributed by atoms with Crippen molar-refractivity contribution in [2.24, 2.45) is 0 Å². The fourth-order valence-electron chi connectivity index (χ4n) is 8.61. The van der Waals surface area contributed by atoms with E-state index in [-0.39, 0.29) is 20.1 Å². The van der Waals surface area contributed by atoms with Gasteiger partial charge in [0.1, 0.15) is 0 Å². The maximum atomic E-state index is 7.72. The normalized spacial score (nSPS) is 12.4. The predicted molar refractivity (Wildman–Crippen MR) is 272 cm³/mol. The first-order valence-electron chi connectivity index (χ1n) is 22.8. The zero-order valence-corrected chi connectivity index (χ0v) is 41.6. The number of aromatic nitrogens is 3. The number of nitrogens with zero attached hydrogens (tertiary/aromatic N) is 3. The molecule has 3 aromatic heterocycles. The molecule has 315 valence electrons. The number of imidazole rings is 1. The summed E-state index contributed by atoms with van der Waals surface area (Å²) in [5.41, 5.74) is 13.4. The first-order valence-corrected chi connectivity index (χ1v) is 29.5. The van der Waals surface area contributed by atoms with Gasteiger partial charge in [-0.25, -0.2) is 0 Å². The van der Waals surface area contributed by atoms with Gasteiger partial charge >= 0.3 is 99.8 Å². The molecule has 0 saturated carbocycles. The molecule has 3 nitrogen and oxygen atoms in total. The van der Waals surface area contributed by atoms with E-state index < -0.39 is 20.1 Å². The van der Waals surface area contributed by atoms with Crippen LogP contribution in [0.25, 0.3) is 92.6 Å². The Balaban J connectivity index is 0.000000281. The summed E-state index contributed by atoms with van der Waals surface area (Å²) >= 11 is 0.0779. The van der Waals surface area contributed by atoms with E-state index in [1.807, 2.05) is 54.7 Å². The van der Waals surface area contributed by atoms with Gasteiger partial charge in [0.2, 0.25) is 0 Å². The van der Waals surface area contributed by atoms with Crippen LogP contribution in [0.2, 0.25) is 17.3 Å². The smallest absolute Gasteiger partial charge is 0 e. The summed E-state index contributed by atoms with van der Waals surface area (Å²) < 4.78 is 29.3. The van der Waals surface area contributed by atoms with E-state index in [4.69, 9.17) is 9.10 Å². The Bertz CT molecular complexity index is 3540. The molecule has 0 aliphatic rings. The van der Waals surface area contributed by atoms with Gasteiger partial charge in [0.25, 0.3) is 0 Å². The van der Waals surface area contributed by atoms with Crippen LogP contribution in [0.3, 0.4) is 0 Å². The standard InChI is InChI=1S/C44H31N2S.C14H16GeN.Ir/c1-27-16-18-31(19-17-27)32-20-22-35-33(26-32)21-23-37-36-12-9-13-38(43(36)47-42(35)37)44-45-39-14-7-8-15-40(39)46(44)41-28(2)24-34(25-29(41)3)30-10-5-4-6-11-30;1-15(2,3)13-9-10-14(16-11-13)12-7-5-4-6-8-12;/h4-12,14-26H,1-3H3;4-7,9-11H,1-3H3;/q2*-1;/i1D3;;. The van der Waals surface area contributed by atoms with Crippen LogP contribution in [0.1, 0.15) is 20.8 Å². The summed E-state index contributed by atoms with van der Waals surface area (Å²) in [5, 5.41) is 4.74. The van der Waals surface area contributed by atoms with E-state index in [9.17, 15) is 0 Å². The van der Waals surface area contributed by atoms with Crippen LogP contribution in [-0.2, 0) is 20.1 Å². The maximum Gasteiger partial charge on any atom is 0 e. The van der Waals surface area contributed by atoms with Crippen LogP contribution in [-0.4, -0.2) is 27.8 Å². The molecule has 0 saturated heterocycles. The van der Waals surface area contributed by atoms with E-state index in [2.05, 4.69) is 162 Å². The van der Waals surface area contributed by atoms with E-state index in [1.54, 1.807) is 23.5 Å². The maximum absolute atomic E-state index is 7.72. The summed E-state index contributed by atoms with van der Waals surface area (Å²) in [6.45, 7) is 2.28. The fraction of sp³-hybridized carbons (Fsp3) is 0.103. The summed E-state index contributed by atoms with van der Waals surface area (Å²) in [4.78, 5) is 9.81. The Morgan fingerprint density at radius 1 is 0.609 bits per heavy atom. The molecular weight excluding hydrogens is 1040 g/mol. The molecule has 0 N–H and O–H groups in total. The molecule has 11 rings (SSSR count). The van der Waals surface area contributed by atoms with Crippen LogP contribution < -0.4 is 4.40 Å². The molecule has 0 bridgehead atoms. The molecule has 0 atom stereocenters. The molecule has 3 heterocycles. The predicted octanol–water partition coefficient (Wildman–Crippen LogP) is 15.4. The summed E-state index contributed by atoms with van der Waals surface area (Å²) in [5.74, 6) is 8.02. The van der Waals surface area contributed by atoms with Gasteiger partial charge in [-0.1, -0.05) is 108 Å². The van der Waals surface area contributed by atoms with Gasteiger partial charge < -0.3 is 4.57 Å². The van der Waals surface area contributed by atoms with Crippen molar-refractivity contribution in [2.45, 2.75) is 38.0 Å². The number of hydrogen-bond acceptors (Lipinski definition) is 3. The fourth-order valence-corrected chi connectivity index (χ4v) is 12.1. The molecule has 8 aromatic carbocycles. The molecule has 11 aromatic rings. The number of fused-ring (bicyclic) bond motifs is 6. The minimum Gasteiger partial charge on any atom is 0 e. The molecular formula is C58H47GeIrN3S-2. The van der Waals surface area contributed by atoms with E-state index in [0.29, 0.717) is 5.56 Å². The van der Waals surface area contributed by atoms with Gasteiger partial charge in [-0.05, 0) is 105 Å². The number of aryl methyl sites for hydroxylation is 3. The van der Waals surface area contributed by atoms with Gasteiger partial charge in [0.15, 0.2) is 0 Å². The zero-order chi connectivity index (χ0) is 45.7. The largest absolute Gasteiger partial charge is 0 e. The molecule has 0 amide bonds. The number of thiophene rings is 1.